The van der Waals surface area contributed by atoms with Crippen molar-refractivity contribution in [2.24, 2.45) is 0 Å². The van der Waals surface area contributed by atoms with Crippen LogP contribution >= 0.6 is 0 Å². The Kier molecular flexibility index (Phi) is 23.7. The van der Waals surface area contributed by atoms with Crippen molar-refractivity contribution in [2.45, 2.75) is 18.4 Å². The Labute approximate surface area is 201 Å². The maximum absolute atomic E-state index is 10.7. The van der Waals surface area contributed by atoms with Crippen LogP contribution in [-0.4, -0.2) is 156 Å². The van der Waals surface area contributed by atoms with Crippen LogP contribution in [-0.2, 0) is 29.5 Å². The first kappa shape index (κ1) is 35.8. The van der Waals surface area contributed by atoms with Gasteiger partial charge >= 0.3 is 123 Å². The fraction of sp³-hybridized carbons (Fsp3) is 0.429. The zero-order valence-corrected chi connectivity index (χ0v) is 10.7. The van der Waals surface area contributed by atoms with Crippen LogP contribution in [0.25, 0.3) is 0 Å². The predicted molar refractivity (Wildman–Crippen MR) is 79.2 cm³/mol. The number of carboxylic acids is 2. The molecule has 24 heavy (non-hydrogen) atoms. The predicted octanol–water partition coefficient (Wildman–Crippen LogP) is -3.71. The molecule has 0 aromatic rings. The van der Waals surface area contributed by atoms with Crippen LogP contribution in [0.2, 0.25) is 0 Å². The van der Waals surface area contributed by atoms with Gasteiger partial charge in [-0.15, -0.1) is 0 Å². The van der Waals surface area contributed by atoms with Crippen molar-refractivity contribution in [1.29, 1.82) is 0 Å². The van der Waals surface area contributed by atoms with E-state index < -0.39 is 52.9 Å². The van der Waals surface area contributed by atoms with Crippen LogP contribution in [0.3, 0.4) is 0 Å². The molecule has 0 saturated carbocycles. The summed E-state index contributed by atoms with van der Waals surface area (Å²) >= 11 is 0. The summed E-state index contributed by atoms with van der Waals surface area (Å²) in [6.07, 6.45) is -4.51. The van der Waals surface area contributed by atoms with Gasteiger partial charge in [-0.25, -0.2) is 9.59 Å². The Bertz CT molecular complexity index is 524. The van der Waals surface area contributed by atoms with Gasteiger partial charge in [0.15, 0.2) is 5.60 Å². The molecule has 0 bridgehead atoms. The Balaban J connectivity index is -0.000000132. The molecule has 13 nitrogen and oxygen atoms in total. The normalized spacial score (nSPS) is 11.5. The number of aliphatic hydroxyl groups is 1. The molecule has 0 aromatic heterocycles. The SMILES string of the molecule is O=C(O)CC(O)(CC(=O)OC(=O)O)C(=O)O.O=S(=O)(O)O.[NaH].[NaH].[NaH]. The first-order valence-corrected chi connectivity index (χ1v) is 5.88. The van der Waals surface area contributed by atoms with Crippen LogP contribution in [0.5, 0.6) is 0 Å². The summed E-state index contributed by atoms with van der Waals surface area (Å²) < 4.78 is 35.1. The summed E-state index contributed by atoms with van der Waals surface area (Å²) in [7, 11) is -4.67. The van der Waals surface area contributed by atoms with Gasteiger partial charge in [0, 0.05) is 0 Å². The van der Waals surface area contributed by atoms with Crippen molar-refractivity contribution in [2.75, 3.05) is 0 Å². The van der Waals surface area contributed by atoms with Crippen LogP contribution in [0.4, 0.5) is 4.79 Å². The number of aliphatic carboxylic acids is 2. The summed E-state index contributed by atoms with van der Waals surface area (Å²) in [6, 6.07) is 0. The number of carbonyl (C=O) groups is 4. The minimum absolute atomic E-state index is 0. The number of hydrogen-bond donors (Lipinski definition) is 6. The molecule has 0 spiro atoms. The fourth-order valence-corrected chi connectivity index (χ4v) is 0.836. The van der Waals surface area contributed by atoms with Gasteiger partial charge in [-0.3, -0.25) is 18.7 Å². The summed E-state index contributed by atoms with van der Waals surface area (Å²) in [5.41, 5.74) is -2.89. The van der Waals surface area contributed by atoms with Crippen molar-refractivity contribution in [3.8, 4) is 0 Å². The number of esters is 1. The molecule has 0 aromatic carbocycles. The van der Waals surface area contributed by atoms with Gasteiger partial charge in [0.2, 0.25) is 0 Å². The first-order chi connectivity index (χ1) is 9.17. The third kappa shape index (κ3) is 25.0. The van der Waals surface area contributed by atoms with Gasteiger partial charge in [-0.1, -0.05) is 0 Å². The van der Waals surface area contributed by atoms with Crippen molar-refractivity contribution >= 4 is 123 Å². The van der Waals surface area contributed by atoms with E-state index in [1.165, 1.54) is 0 Å². The van der Waals surface area contributed by atoms with Crippen LogP contribution in [0.1, 0.15) is 12.8 Å². The van der Waals surface area contributed by atoms with Crippen molar-refractivity contribution in [3.63, 3.8) is 0 Å². The van der Waals surface area contributed by atoms with E-state index in [1.54, 1.807) is 0 Å². The van der Waals surface area contributed by atoms with E-state index in [0.29, 0.717) is 0 Å². The van der Waals surface area contributed by atoms with Gasteiger partial charge in [-0.05, 0) is 0 Å². The maximum atomic E-state index is 10.7. The minimum atomic E-state index is -4.67. The summed E-state index contributed by atoms with van der Waals surface area (Å²) in [6.45, 7) is 0. The molecule has 0 fully saturated rings. The van der Waals surface area contributed by atoms with E-state index in [9.17, 15) is 24.3 Å². The van der Waals surface area contributed by atoms with Crippen LogP contribution < -0.4 is 0 Å². The molecule has 0 aliphatic carbocycles. The Morgan fingerprint density at radius 1 is 0.875 bits per heavy atom. The third-order valence-electron chi connectivity index (χ3n) is 1.48. The molecule has 0 radical (unpaired) electrons. The average molecular weight is 406 g/mol. The number of hydrogen-bond acceptors (Lipinski definition) is 8. The second-order valence-electron chi connectivity index (χ2n) is 3.27. The number of rotatable bonds is 5. The van der Waals surface area contributed by atoms with Crippen molar-refractivity contribution in [1.82, 2.24) is 0 Å². The van der Waals surface area contributed by atoms with Crippen LogP contribution in [0, 0.1) is 0 Å². The average Bonchev–Trinajstić information content (AvgIpc) is 2.10. The Morgan fingerprint density at radius 3 is 1.42 bits per heavy atom. The zero-order chi connectivity index (χ0) is 17.4. The van der Waals surface area contributed by atoms with Crippen molar-refractivity contribution in [3.05, 3.63) is 0 Å². The van der Waals surface area contributed by atoms with Gasteiger partial charge in [0.05, 0.1) is 12.8 Å². The number of ether oxygens (including phenoxy) is 1. The zero-order valence-electron chi connectivity index (χ0n) is 9.86. The molecule has 6 N–H and O–H groups in total. The first-order valence-electron chi connectivity index (χ1n) is 4.48. The van der Waals surface area contributed by atoms with Crippen LogP contribution in [0.15, 0.2) is 0 Å². The number of carboxylic acid groups (broad SMARTS) is 3. The fourth-order valence-electron chi connectivity index (χ4n) is 0.836. The third-order valence-corrected chi connectivity index (χ3v) is 1.48. The molecular weight excluding hydrogens is 393 g/mol. The Morgan fingerprint density at radius 2 is 1.21 bits per heavy atom. The Hall–Kier alpha value is 0.710. The molecule has 17 heteroatoms. The van der Waals surface area contributed by atoms with E-state index in [4.69, 9.17) is 32.8 Å². The molecular formula is C7H13Na3O13S. The molecule has 0 aliphatic rings. The van der Waals surface area contributed by atoms with E-state index in [2.05, 4.69) is 4.74 Å². The molecule has 1 unspecified atom stereocenters. The second-order valence-corrected chi connectivity index (χ2v) is 4.17. The molecule has 1 atom stereocenters. The van der Waals surface area contributed by atoms with Gasteiger partial charge in [0.1, 0.15) is 0 Å². The molecule has 0 aliphatic heterocycles. The summed E-state index contributed by atoms with van der Waals surface area (Å²) in [5.74, 6) is -5.18. The van der Waals surface area contributed by atoms with E-state index >= 15 is 0 Å². The monoisotopic (exact) mass is 406 g/mol. The summed E-state index contributed by atoms with van der Waals surface area (Å²) in [5, 5.41) is 34.1. The van der Waals surface area contributed by atoms with E-state index in [1.807, 2.05) is 0 Å². The number of carbonyl (C=O) groups excluding carboxylic acids is 1. The van der Waals surface area contributed by atoms with Gasteiger partial charge < -0.3 is 25.2 Å². The molecule has 0 saturated heterocycles. The molecule has 0 heterocycles. The molecule has 128 valence electrons. The van der Waals surface area contributed by atoms with E-state index in [-0.39, 0.29) is 88.7 Å². The van der Waals surface area contributed by atoms with Gasteiger partial charge in [0.25, 0.3) is 0 Å². The topological polar surface area (TPSA) is 233 Å². The quantitative estimate of drug-likeness (QED) is 0.112. The molecule has 0 rings (SSSR count). The second kappa shape index (κ2) is 15.9. The summed E-state index contributed by atoms with van der Waals surface area (Å²) in [4.78, 5) is 41.4. The van der Waals surface area contributed by atoms with Gasteiger partial charge in [-0.2, -0.15) is 8.42 Å². The van der Waals surface area contributed by atoms with Crippen molar-refractivity contribution < 1.29 is 61.9 Å². The van der Waals surface area contributed by atoms with E-state index in [0.717, 1.165) is 0 Å². The molecule has 0 amide bonds. The standard InChI is InChI=1S/C7H8O9.3Na.H2O4S.3H/c8-3(9)1-7(15,5(11)12)2-4(10)16-6(13)14;;;;1-5(2,3)4;;;/h15H,1-2H2,(H,8,9)(H,11,12)(H,13,14);;;;(H2,1,2,3,4);;;.